The average Bonchev–Trinajstić information content (AvgIpc) is 3.18. The molecule has 0 radical (unpaired) electrons. The van der Waals surface area contributed by atoms with Crippen molar-refractivity contribution in [2.45, 2.75) is 63.6 Å². The summed E-state index contributed by atoms with van der Waals surface area (Å²) < 4.78 is 5.42. The number of hydrogen-bond acceptors (Lipinski definition) is 3. The molecule has 0 amide bonds. The summed E-state index contributed by atoms with van der Waals surface area (Å²) in [5.41, 5.74) is 0. The molecule has 1 saturated carbocycles. The van der Waals surface area contributed by atoms with Crippen molar-refractivity contribution in [3.8, 4) is 0 Å². The van der Waals surface area contributed by atoms with Crippen molar-refractivity contribution in [3.05, 3.63) is 0 Å². The zero-order valence-corrected chi connectivity index (χ0v) is 11.5. The van der Waals surface area contributed by atoms with Crippen molar-refractivity contribution < 1.29 is 4.74 Å². The lowest BCUT2D eigenvalue weighted by Gasteiger charge is -2.41. The normalized spacial score (nSPS) is 28.2. The highest BCUT2D eigenvalue weighted by Crippen LogP contribution is 2.23. The van der Waals surface area contributed by atoms with E-state index in [0.29, 0.717) is 6.04 Å². The van der Waals surface area contributed by atoms with Gasteiger partial charge < -0.3 is 10.1 Å². The van der Waals surface area contributed by atoms with Gasteiger partial charge in [-0.15, -0.1) is 0 Å². The minimum absolute atomic E-state index is 0.575. The summed E-state index contributed by atoms with van der Waals surface area (Å²) in [6.45, 7) is 5.56. The molecule has 1 heterocycles. The first-order valence-electron chi connectivity index (χ1n) is 7.33. The van der Waals surface area contributed by atoms with Gasteiger partial charge in [0, 0.05) is 31.8 Å². The molecule has 17 heavy (non-hydrogen) atoms. The third kappa shape index (κ3) is 3.94. The maximum absolute atomic E-state index is 5.42. The molecule has 2 atom stereocenters. The second-order valence-electron chi connectivity index (χ2n) is 5.59. The molecule has 0 aromatic rings. The zero-order chi connectivity index (χ0) is 12.1. The molecule has 0 bridgehead atoms. The van der Waals surface area contributed by atoms with Gasteiger partial charge in [-0.25, -0.2) is 0 Å². The lowest BCUT2D eigenvalue weighted by molar-refractivity contribution is 0.0386. The predicted octanol–water partition coefficient (Wildman–Crippen LogP) is 2.02. The molecule has 0 aromatic carbocycles. The fraction of sp³-hybridized carbons (Fsp3) is 1.00. The van der Waals surface area contributed by atoms with Crippen LogP contribution >= 0.6 is 0 Å². The van der Waals surface area contributed by atoms with Crippen LogP contribution in [0, 0.1) is 0 Å². The first-order valence-corrected chi connectivity index (χ1v) is 7.33. The van der Waals surface area contributed by atoms with E-state index in [-0.39, 0.29) is 0 Å². The van der Waals surface area contributed by atoms with E-state index in [4.69, 9.17) is 4.74 Å². The molecule has 3 heteroatoms. The average molecular weight is 240 g/mol. The molecule has 1 N–H and O–H groups in total. The van der Waals surface area contributed by atoms with Gasteiger partial charge in [0.2, 0.25) is 0 Å². The van der Waals surface area contributed by atoms with Crippen molar-refractivity contribution in [1.29, 1.82) is 0 Å². The molecule has 1 aliphatic heterocycles. The van der Waals surface area contributed by atoms with Gasteiger partial charge >= 0.3 is 0 Å². The van der Waals surface area contributed by atoms with Crippen LogP contribution < -0.4 is 5.32 Å². The Labute approximate surface area is 106 Å². The van der Waals surface area contributed by atoms with Crippen LogP contribution in [-0.4, -0.2) is 49.8 Å². The Hall–Kier alpha value is -0.120. The van der Waals surface area contributed by atoms with Gasteiger partial charge in [0.05, 0.1) is 6.61 Å². The van der Waals surface area contributed by atoms with Crippen LogP contribution in [0.2, 0.25) is 0 Å². The Morgan fingerprint density at radius 1 is 1.29 bits per heavy atom. The number of nitrogens with one attached hydrogen (secondary N) is 1. The number of nitrogens with zero attached hydrogens (tertiary/aromatic N) is 1. The Bertz CT molecular complexity index is 218. The molecule has 0 aromatic heterocycles. The fourth-order valence-corrected chi connectivity index (χ4v) is 3.00. The summed E-state index contributed by atoms with van der Waals surface area (Å²) in [5.74, 6) is 0. The maximum Gasteiger partial charge on any atom is 0.0630 e. The highest BCUT2D eigenvalue weighted by Gasteiger charge is 2.29. The monoisotopic (exact) mass is 240 g/mol. The Kier molecular flexibility index (Phi) is 5.26. The molecule has 2 fully saturated rings. The lowest BCUT2D eigenvalue weighted by Crippen LogP contribution is -2.52. The van der Waals surface area contributed by atoms with E-state index in [1.54, 1.807) is 0 Å². The van der Waals surface area contributed by atoms with Gasteiger partial charge in [-0.2, -0.15) is 0 Å². The third-order valence-electron chi connectivity index (χ3n) is 4.19. The van der Waals surface area contributed by atoms with Crippen LogP contribution in [0.1, 0.15) is 45.4 Å². The lowest BCUT2D eigenvalue weighted by atomic mass is 9.98. The van der Waals surface area contributed by atoms with Crippen molar-refractivity contribution in [2.24, 2.45) is 0 Å². The van der Waals surface area contributed by atoms with Gasteiger partial charge in [0.25, 0.3) is 0 Å². The van der Waals surface area contributed by atoms with E-state index < -0.39 is 0 Å². The second-order valence-corrected chi connectivity index (χ2v) is 5.59. The van der Waals surface area contributed by atoms with Crippen molar-refractivity contribution >= 4 is 0 Å². The van der Waals surface area contributed by atoms with Gasteiger partial charge in [-0.05, 0) is 38.6 Å². The molecular weight excluding hydrogens is 212 g/mol. The first-order chi connectivity index (χ1) is 8.35. The Morgan fingerprint density at radius 3 is 2.76 bits per heavy atom. The van der Waals surface area contributed by atoms with E-state index in [1.165, 1.54) is 45.1 Å². The maximum atomic E-state index is 5.42. The van der Waals surface area contributed by atoms with Crippen LogP contribution in [-0.2, 0) is 4.74 Å². The molecular formula is C14H28N2O. The molecule has 2 unspecified atom stereocenters. The highest BCUT2D eigenvalue weighted by atomic mass is 16.5. The molecule has 1 saturated heterocycles. The number of likely N-dealkylation sites (tertiary alicyclic amines) is 1. The Morgan fingerprint density at radius 2 is 2.12 bits per heavy atom. The van der Waals surface area contributed by atoms with Gasteiger partial charge in [0.15, 0.2) is 0 Å². The van der Waals surface area contributed by atoms with Crippen LogP contribution in [0.3, 0.4) is 0 Å². The topological polar surface area (TPSA) is 24.5 Å². The van der Waals surface area contributed by atoms with Gasteiger partial charge in [-0.3, -0.25) is 4.90 Å². The number of hydrogen-bond donors (Lipinski definition) is 1. The fourth-order valence-electron chi connectivity index (χ4n) is 3.00. The molecule has 2 rings (SSSR count). The second kappa shape index (κ2) is 6.72. The predicted molar refractivity (Wildman–Crippen MR) is 71.3 cm³/mol. The quantitative estimate of drug-likeness (QED) is 0.737. The van der Waals surface area contributed by atoms with Gasteiger partial charge in [-0.1, -0.05) is 13.3 Å². The minimum atomic E-state index is 0.575. The van der Waals surface area contributed by atoms with Crippen molar-refractivity contribution in [3.63, 3.8) is 0 Å². The summed E-state index contributed by atoms with van der Waals surface area (Å²) >= 11 is 0. The van der Waals surface area contributed by atoms with Gasteiger partial charge in [0.1, 0.15) is 0 Å². The van der Waals surface area contributed by atoms with E-state index >= 15 is 0 Å². The highest BCUT2D eigenvalue weighted by molar-refractivity contribution is 4.87. The van der Waals surface area contributed by atoms with Crippen LogP contribution in [0.15, 0.2) is 0 Å². The standard InChI is InChI=1S/C14H28N2O/c1-3-13-6-4-5-9-16(13)14(11-17-2)10-15-12-7-8-12/h12-15H,3-11H2,1-2H3. The molecule has 100 valence electrons. The summed E-state index contributed by atoms with van der Waals surface area (Å²) in [7, 11) is 1.83. The van der Waals surface area contributed by atoms with Crippen LogP contribution in [0.25, 0.3) is 0 Å². The van der Waals surface area contributed by atoms with Crippen molar-refractivity contribution in [2.75, 3.05) is 26.8 Å². The number of ether oxygens (including phenoxy) is 1. The molecule has 2 aliphatic rings. The summed E-state index contributed by atoms with van der Waals surface area (Å²) in [6.07, 6.45) is 8.17. The zero-order valence-electron chi connectivity index (χ0n) is 11.5. The minimum Gasteiger partial charge on any atom is -0.383 e. The number of rotatable bonds is 7. The Balaban J connectivity index is 1.86. The molecule has 0 spiro atoms. The molecule has 1 aliphatic carbocycles. The number of methoxy groups -OCH3 is 1. The third-order valence-corrected chi connectivity index (χ3v) is 4.19. The van der Waals surface area contributed by atoms with Crippen LogP contribution in [0.4, 0.5) is 0 Å². The smallest absolute Gasteiger partial charge is 0.0630 e. The van der Waals surface area contributed by atoms with E-state index in [2.05, 4.69) is 17.1 Å². The van der Waals surface area contributed by atoms with E-state index in [1.807, 2.05) is 7.11 Å². The van der Waals surface area contributed by atoms with E-state index in [9.17, 15) is 0 Å². The summed E-state index contributed by atoms with van der Waals surface area (Å²) in [6, 6.07) is 2.16. The SMILES string of the molecule is CCC1CCCCN1C(CNC1CC1)COC. The summed E-state index contributed by atoms with van der Waals surface area (Å²) in [4.78, 5) is 2.70. The first kappa shape index (κ1) is 13.3. The van der Waals surface area contributed by atoms with Crippen molar-refractivity contribution in [1.82, 2.24) is 10.2 Å². The number of piperidine rings is 1. The van der Waals surface area contributed by atoms with Crippen LogP contribution in [0.5, 0.6) is 0 Å². The molecule has 3 nitrogen and oxygen atoms in total. The summed E-state index contributed by atoms with van der Waals surface area (Å²) in [5, 5.41) is 3.66. The van der Waals surface area contributed by atoms with E-state index in [0.717, 1.165) is 25.2 Å². The largest absolute Gasteiger partial charge is 0.383 e.